The largest absolute Gasteiger partial charge is 0.339 e. The van der Waals surface area contributed by atoms with E-state index in [0.29, 0.717) is 5.92 Å². The first-order valence-corrected chi connectivity index (χ1v) is 7.20. The number of aromatic nitrogens is 2. The first-order chi connectivity index (χ1) is 8.66. The second-order valence-corrected chi connectivity index (χ2v) is 5.91. The topological polar surface area (TPSA) is 51.0 Å². The summed E-state index contributed by atoms with van der Waals surface area (Å²) in [6, 6.07) is 0. The van der Waals surface area contributed by atoms with E-state index in [1.54, 1.807) is 0 Å². The van der Waals surface area contributed by atoms with Gasteiger partial charge in [-0.15, -0.1) is 0 Å². The van der Waals surface area contributed by atoms with Crippen LogP contribution in [0.2, 0.25) is 0 Å². The zero-order valence-corrected chi connectivity index (χ0v) is 11.8. The Morgan fingerprint density at radius 1 is 1.44 bits per heavy atom. The third-order valence-corrected chi connectivity index (χ3v) is 3.84. The summed E-state index contributed by atoms with van der Waals surface area (Å²) in [6.07, 6.45) is 5.46. The zero-order chi connectivity index (χ0) is 13.0. The predicted octanol–water partition coefficient (Wildman–Crippen LogP) is 2.69. The van der Waals surface area contributed by atoms with Gasteiger partial charge in [0.05, 0.1) is 5.41 Å². The van der Waals surface area contributed by atoms with Crippen molar-refractivity contribution in [3.8, 4) is 0 Å². The quantitative estimate of drug-likeness (QED) is 0.844. The normalized spacial score (nSPS) is 24.0. The van der Waals surface area contributed by atoms with E-state index < -0.39 is 0 Å². The van der Waals surface area contributed by atoms with Crippen LogP contribution in [0.1, 0.15) is 58.2 Å². The third-order valence-electron chi connectivity index (χ3n) is 3.84. The average Bonchev–Trinajstić information content (AvgIpc) is 2.95. The molecule has 0 bridgehead atoms. The molecule has 1 saturated heterocycles. The molecule has 2 heterocycles. The van der Waals surface area contributed by atoms with Crippen molar-refractivity contribution in [2.75, 3.05) is 13.1 Å². The van der Waals surface area contributed by atoms with E-state index in [4.69, 9.17) is 4.52 Å². The Morgan fingerprint density at radius 2 is 2.28 bits per heavy atom. The van der Waals surface area contributed by atoms with Crippen molar-refractivity contribution < 1.29 is 4.52 Å². The molecule has 0 radical (unpaired) electrons. The van der Waals surface area contributed by atoms with Crippen molar-refractivity contribution in [3.63, 3.8) is 0 Å². The van der Waals surface area contributed by atoms with E-state index in [2.05, 4.69) is 36.2 Å². The van der Waals surface area contributed by atoms with Crippen LogP contribution in [0.4, 0.5) is 0 Å². The van der Waals surface area contributed by atoms with Crippen molar-refractivity contribution in [1.82, 2.24) is 15.5 Å². The van der Waals surface area contributed by atoms with Crippen LogP contribution in [-0.2, 0) is 11.8 Å². The van der Waals surface area contributed by atoms with E-state index in [9.17, 15) is 0 Å². The molecule has 1 N–H and O–H groups in total. The van der Waals surface area contributed by atoms with Gasteiger partial charge in [0.1, 0.15) is 0 Å². The van der Waals surface area contributed by atoms with Crippen molar-refractivity contribution >= 4 is 0 Å². The van der Waals surface area contributed by atoms with E-state index in [1.165, 1.54) is 0 Å². The van der Waals surface area contributed by atoms with Gasteiger partial charge in [-0.05, 0) is 31.7 Å². The van der Waals surface area contributed by atoms with Gasteiger partial charge < -0.3 is 9.84 Å². The lowest BCUT2D eigenvalue weighted by Gasteiger charge is -2.22. The Kier molecular flexibility index (Phi) is 4.38. The first-order valence-electron chi connectivity index (χ1n) is 7.20. The molecular formula is C14H25N3O. The summed E-state index contributed by atoms with van der Waals surface area (Å²) < 4.78 is 5.54. The van der Waals surface area contributed by atoms with Gasteiger partial charge in [0, 0.05) is 13.0 Å². The van der Waals surface area contributed by atoms with Crippen molar-refractivity contribution in [3.05, 3.63) is 11.7 Å². The maximum absolute atomic E-state index is 5.54. The smallest absolute Gasteiger partial charge is 0.234 e. The molecule has 1 aromatic rings. The maximum Gasteiger partial charge on any atom is 0.234 e. The van der Waals surface area contributed by atoms with Crippen LogP contribution < -0.4 is 5.32 Å². The summed E-state index contributed by atoms with van der Waals surface area (Å²) in [4.78, 5) is 4.64. The molecule has 102 valence electrons. The van der Waals surface area contributed by atoms with Gasteiger partial charge in [0.2, 0.25) is 5.89 Å². The van der Waals surface area contributed by atoms with Gasteiger partial charge in [-0.2, -0.15) is 4.98 Å². The molecule has 4 heteroatoms. The lowest BCUT2D eigenvalue weighted by molar-refractivity contribution is 0.275. The Hall–Kier alpha value is -0.900. The molecule has 1 unspecified atom stereocenters. The van der Waals surface area contributed by atoms with E-state index >= 15 is 0 Å². The van der Waals surface area contributed by atoms with Gasteiger partial charge >= 0.3 is 0 Å². The molecule has 0 amide bonds. The number of rotatable bonds is 6. The summed E-state index contributed by atoms with van der Waals surface area (Å²) in [7, 11) is 0. The lowest BCUT2D eigenvalue weighted by atomic mass is 9.82. The summed E-state index contributed by atoms with van der Waals surface area (Å²) in [5.41, 5.74) is 0.0951. The number of aryl methyl sites for hydroxylation is 1. The molecule has 0 spiro atoms. The van der Waals surface area contributed by atoms with Crippen LogP contribution >= 0.6 is 0 Å². The minimum atomic E-state index is 0.0951. The number of hydrogen-bond donors (Lipinski definition) is 1. The second kappa shape index (κ2) is 5.83. The van der Waals surface area contributed by atoms with Gasteiger partial charge in [-0.25, -0.2) is 0 Å². The van der Waals surface area contributed by atoms with Crippen LogP contribution in [0, 0.1) is 5.92 Å². The molecule has 0 saturated carbocycles. The molecule has 1 aliphatic rings. The molecule has 1 aliphatic heterocycles. The number of nitrogens with zero attached hydrogens (tertiary/aromatic N) is 2. The minimum absolute atomic E-state index is 0.0951. The van der Waals surface area contributed by atoms with E-state index in [0.717, 1.165) is 56.9 Å². The Labute approximate surface area is 110 Å². The van der Waals surface area contributed by atoms with E-state index in [1.807, 2.05) is 0 Å². The summed E-state index contributed by atoms with van der Waals surface area (Å²) in [5, 5.41) is 7.57. The zero-order valence-electron chi connectivity index (χ0n) is 11.8. The molecule has 2 rings (SSSR count). The van der Waals surface area contributed by atoms with Crippen molar-refractivity contribution in [2.24, 2.45) is 5.92 Å². The minimum Gasteiger partial charge on any atom is -0.339 e. The van der Waals surface area contributed by atoms with Crippen LogP contribution in [0.3, 0.4) is 0 Å². The van der Waals surface area contributed by atoms with Gasteiger partial charge in [-0.1, -0.05) is 32.3 Å². The highest BCUT2D eigenvalue weighted by Crippen LogP contribution is 2.34. The highest BCUT2D eigenvalue weighted by atomic mass is 16.5. The molecule has 0 aliphatic carbocycles. The Morgan fingerprint density at radius 3 is 2.89 bits per heavy atom. The predicted molar refractivity (Wildman–Crippen MR) is 71.5 cm³/mol. The molecule has 1 atom stereocenters. The van der Waals surface area contributed by atoms with E-state index in [-0.39, 0.29) is 5.41 Å². The average molecular weight is 251 g/mol. The van der Waals surface area contributed by atoms with Crippen LogP contribution in [0.25, 0.3) is 0 Å². The fraction of sp³-hybridized carbons (Fsp3) is 0.857. The second-order valence-electron chi connectivity index (χ2n) is 5.91. The van der Waals surface area contributed by atoms with Gasteiger partial charge in [-0.3, -0.25) is 0 Å². The van der Waals surface area contributed by atoms with Crippen LogP contribution in [0.5, 0.6) is 0 Å². The summed E-state index contributed by atoms with van der Waals surface area (Å²) in [5.74, 6) is 2.42. The maximum atomic E-state index is 5.54. The SMILES string of the molecule is CCCC1(c2nc(CCC(C)C)no2)CCNC1. The highest BCUT2D eigenvalue weighted by molar-refractivity contribution is 5.10. The highest BCUT2D eigenvalue weighted by Gasteiger charge is 2.39. The van der Waals surface area contributed by atoms with Crippen LogP contribution in [-0.4, -0.2) is 23.2 Å². The lowest BCUT2D eigenvalue weighted by Crippen LogP contribution is -2.29. The first kappa shape index (κ1) is 13.5. The third kappa shape index (κ3) is 2.91. The molecular weight excluding hydrogens is 226 g/mol. The molecule has 18 heavy (non-hydrogen) atoms. The van der Waals surface area contributed by atoms with Gasteiger partial charge in [0.15, 0.2) is 5.82 Å². The number of nitrogens with one attached hydrogen (secondary N) is 1. The van der Waals surface area contributed by atoms with Crippen molar-refractivity contribution in [2.45, 2.75) is 58.3 Å². The standard InChI is InChI=1S/C14H25N3O/c1-4-7-14(8-9-15-10-14)13-16-12(17-18-13)6-5-11(2)3/h11,15H,4-10H2,1-3H3. The molecule has 4 nitrogen and oxygen atoms in total. The Bertz CT molecular complexity index is 367. The summed E-state index contributed by atoms with van der Waals surface area (Å²) >= 11 is 0. The van der Waals surface area contributed by atoms with Crippen LogP contribution in [0.15, 0.2) is 4.52 Å². The Balaban J connectivity index is 2.07. The number of hydrogen-bond acceptors (Lipinski definition) is 4. The monoisotopic (exact) mass is 251 g/mol. The fourth-order valence-corrected chi connectivity index (χ4v) is 2.71. The van der Waals surface area contributed by atoms with Gasteiger partial charge in [0.25, 0.3) is 0 Å². The molecule has 1 fully saturated rings. The summed E-state index contributed by atoms with van der Waals surface area (Å²) in [6.45, 7) is 8.70. The fourth-order valence-electron chi connectivity index (χ4n) is 2.71. The van der Waals surface area contributed by atoms with Crippen molar-refractivity contribution in [1.29, 1.82) is 0 Å². The molecule has 0 aromatic carbocycles. The molecule has 1 aromatic heterocycles.